The number of aliphatic hydroxyl groups is 1. The molecular formula is C68H90N18O17. The minimum atomic E-state index is -1.80. The molecule has 2 fully saturated rings. The van der Waals surface area contributed by atoms with Crippen LogP contribution in [0.25, 0.3) is 21.8 Å². The van der Waals surface area contributed by atoms with Gasteiger partial charge in [-0.15, -0.1) is 0 Å². The average Bonchev–Trinajstić information content (AvgIpc) is 1.75. The van der Waals surface area contributed by atoms with Crippen LogP contribution in [-0.2, 0) is 88.0 Å². The molecule has 554 valence electrons. The van der Waals surface area contributed by atoms with Gasteiger partial charge in [0.25, 0.3) is 11.9 Å². The van der Waals surface area contributed by atoms with E-state index < -0.39 is 139 Å². The first kappa shape index (κ1) is 80.1. The Labute approximate surface area is 590 Å². The normalized spacial score (nSPS) is 15.8. The van der Waals surface area contributed by atoms with Gasteiger partial charge in [-0.1, -0.05) is 62.4 Å². The van der Waals surface area contributed by atoms with Gasteiger partial charge in [-0.25, -0.2) is 4.98 Å². The third-order valence-corrected chi connectivity index (χ3v) is 16.4. The Bertz CT molecular complexity index is 3960. The first-order valence-electron chi connectivity index (χ1n) is 33.2. The van der Waals surface area contributed by atoms with Crippen molar-refractivity contribution >= 4 is 105 Å². The van der Waals surface area contributed by atoms with Crippen molar-refractivity contribution in [3.63, 3.8) is 0 Å². The highest BCUT2D eigenvalue weighted by atomic mass is 16.4. The fourth-order valence-electron chi connectivity index (χ4n) is 11.5. The van der Waals surface area contributed by atoms with E-state index in [4.69, 9.17) is 37.0 Å². The van der Waals surface area contributed by atoms with Gasteiger partial charge in [-0.2, -0.15) is 0 Å². The molecule has 2 saturated heterocycles. The molecule has 103 heavy (non-hydrogen) atoms. The number of aliphatic hydroxyl groups excluding tert-OH is 1. The fraction of sp³-hybridized carbons (Fsp3) is 0.426. The SMILES string of the molecule is CC(=O)O.CC(=O)O.CC(C)C[C@H](NC(=O)[C@@H](Cc1c[nH]c2ccccc12)NC(=O)[C@H](Cc1ccc(O)cc1)NC(=O)[C@H](CO)NC(=O)[C@H](Cc1c[nH]c2ccccc12)NC(=O)[C@H](Cc1cnc[nH]1)NC(=O)[C@@H]1CCC(=O)N1)C(=O)N[C@@H](CCCN=C(N)N)C(=O)N1CCC[C@H]1C(=O)NCC(N)=O. The Morgan fingerprint density at radius 2 is 1.12 bits per heavy atom. The van der Waals surface area contributed by atoms with Crippen molar-refractivity contribution in [1.82, 2.24) is 72.7 Å². The summed E-state index contributed by atoms with van der Waals surface area (Å²) in [5.74, 6) is -10.7. The van der Waals surface area contributed by atoms with E-state index in [-0.39, 0.29) is 101 Å². The van der Waals surface area contributed by atoms with Crippen LogP contribution >= 0.6 is 0 Å². The Morgan fingerprint density at radius 1 is 0.621 bits per heavy atom. The third-order valence-electron chi connectivity index (χ3n) is 16.4. The van der Waals surface area contributed by atoms with E-state index in [0.717, 1.165) is 13.8 Å². The number of carboxylic acid groups (broad SMARTS) is 2. The highest BCUT2D eigenvalue weighted by Gasteiger charge is 2.40. The van der Waals surface area contributed by atoms with Gasteiger partial charge in [0.05, 0.1) is 19.5 Å². The number of hydrogen-bond donors (Lipinski definition) is 19. The number of amides is 11. The first-order chi connectivity index (χ1) is 49.0. The zero-order valence-electron chi connectivity index (χ0n) is 57.3. The van der Waals surface area contributed by atoms with Crippen molar-refractivity contribution in [3.8, 4) is 5.75 Å². The number of benzene rings is 3. The summed E-state index contributed by atoms with van der Waals surface area (Å²) >= 11 is 0. The number of aromatic nitrogens is 4. The Hall–Kier alpha value is -11.9. The molecule has 5 heterocycles. The van der Waals surface area contributed by atoms with E-state index in [1.54, 1.807) is 74.8 Å². The lowest BCUT2D eigenvalue weighted by Gasteiger charge is -2.30. The number of aliphatic imine (C=N–C) groups is 1. The molecule has 0 aliphatic carbocycles. The summed E-state index contributed by atoms with van der Waals surface area (Å²) in [6.07, 6.45) is 6.51. The van der Waals surface area contributed by atoms with Crippen LogP contribution in [0.5, 0.6) is 5.75 Å². The molecule has 0 unspecified atom stereocenters. The van der Waals surface area contributed by atoms with E-state index in [0.29, 0.717) is 50.6 Å². The summed E-state index contributed by atoms with van der Waals surface area (Å²) < 4.78 is 0. The van der Waals surface area contributed by atoms with Crippen LogP contribution in [0.4, 0.5) is 0 Å². The molecule has 0 spiro atoms. The van der Waals surface area contributed by atoms with E-state index in [2.05, 4.69) is 72.8 Å². The molecule has 0 bridgehead atoms. The van der Waals surface area contributed by atoms with Crippen molar-refractivity contribution < 1.29 is 82.8 Å². The number of aliphatic carboxylic acids is 2. The zero-order chi connectivity index (χ0) is 75.4. The zero-order valence-corrected chi connectivity index (χ0v) is 57.3. The van der Waals surface area contributed by atoms with Crippen LogP contribution < -0.4 is 65.1 Å². The van der Waals surface area contributed by atoms with Gasteiger partial charge >= 0.3 is 0 Å². The summed E-state index contributed by atoms with van der Waals surface area (Å²) in [4.78, 5) is 190. The number of nitrogens with zero attached hydrogens (tertiary/aromatic N) is 3. The Kier molecular flexibility index (Phi) is 30.5. The van der Waals surface area contributed by atoms with Crippen molar-refractivity contribution in [2.75, 3.05) is 26.2 Å². The monoisotopic (exact) mass is 1430 g/mol. The van der Waals surface area contributed by atoms with E-state index in [1.807, 2.05) is 0 Å². The van der Waals surface area contributed by atoms with Crippen molar-refractivity contribution in [2.24, 2.45) is 28.1 Å². The van der Waals surface area contributed by atoms with Crippen LogP contribution in [0, 0.1) is 5.92 Å². The fourth-order valence-corrected chi connectivity index (χ4v) is 11.5. The molecule has 2 aliphatic rings. The predicted molar refractivity (Wildman–Crippen MR) is 373 cm³/mol. The number of aromatic hydroxyl groups is 1. The number of H-pyrrole nitrogens is 3. The number of nitrogens with two attached hydrogens (primary N) is 3. The molecule has 22 N–H and O–H groups in total. The number of rotatable bonds is 33. The predicted octanol–water partition coefficient (Wildman–Crippen LogP) is -2.11. The number of carboxylic acids is 2. The Balaban J connectivity index is 0.00000198. The second-order valence-electron chi connectivity index (χ2n) is 25.0. The number of phenolic OH excluding ortho intramolecular Hbond substituents is 1. The largest absolute Gasteiger partial charge is 0.508 e. The van der Waals surface area contributed by atoms with Gasteiger partial charge in [-0.3, -0.25) is 67.3 Å². The van der Waals surface area contributed by atoms with E-state index in [1.165, 1.54) is 41.7 Å². The maximum absolute atomic E-state index is 15.1. The number of imidazole rings is 1. The smallest absolute Gasteiger partial charge is 0.300 e. The maximum Gasteiger partial charge on any atom is 0.300 e. The maximum atomic E-state index is 15.1. The summed E-state index contributed by atoms with van der Waals surface area (Å²) in [5.41, 5.74) is 19.8. The minimum absolute atomic E-state index is 0.00905. The quantitative estimate of drug-likeness (QED) is 0.0119. The number of aromatic amines is 3. The number of primary amides is 1. The van der Waals surface area contributed by atoms with Crippen molar-refractivity contribution in [1.29, 1.82) is 0 Å². The van der Waals surface area contributed by atoms with Gasteiger partial charge in [0.2, 0.25) is 65.0 Å². The molecule has 9 atom stereocenters. The number of guanidine groups is 1. The number of fused-ring (bicyclic) bond motifs is 2. The van der Waals surface area contributed by atoms with Gasteiger partial charge in [0, 0.05) is 105 Å². The molecule has 2 aliphatic heterocycles. The third kappa shape index (κ3) is 25.3. The molecule has 6 aromatic rings. The van der Waals surface area contributed by atoms with Gasteiger partial charge in [-0.05, 0) is 85.4 Å². The van der Waals surface area contributed by atoms with Gasteiger partial charge in [0.1, 0.15) is 60.1 Å². The highest BCUT2D eigenvalue weighted by molar-refractivity contribution is 6.00. The lowest BCUT2D eigenvalue weighted by Crippen LogP contribution is -2.61. The Morgan fingerprint density at radius 3 is 1.61 bits per heavy atom. The molecule has 3 aromatic heterocycles. The summed E-state index contributed by atoms with van der Waals surface area (Å²) in [6, 6.07) is 7.78. The van der Waals surface area contributed by atoms with Crippen LogP contribution in [0.3, 0.4) is 0 Å². The number of likely N-dealkylation sites (tertiary alicyclic amines) is 1. The number of hydrogen-bond acceptors (Lipinski definition) is 17. The number of para-hydroxylation sites is 2. The second kappa shape index (κ2) is 39.2. The molecule has 3 aromatic carbocycles. The van der Waals surface area contributed by atoms with Crippen LogP contribution in [-0.4, -0.2) is 209 Å². The molecule has 35 nitrogen and oxygen atoms in total. The number of nitrogens with one attached hydrogen (secondary N) is 12. The molecular weight excluding hydrogens is 1340 g/mol. The molecule has 11 amide bonds. The van der Waals surface area contributed by atoms with Crippen molar-refractivity contribution in [3.05, 3.63) is 120 Å². The lowest BCUT2D eigenvalue weighted by atomic mass is 9.99. The standard InChI is InChI=1S/C64H82N18O13.2C2H4O2/c1-34(2)23-46(56(88)75-45(13-7-21-69-64(66)67)63(95)82-22-8-14-52(82)62(94)72-31-53(65)85)76-58(90)48(25-36-28-70-42-11-5-3-9-40(36)42)78-57(89)47(24-35-15-17-39(84)18-16-35)77-61(93)51(32-83)81-59(91)49(26-37-29-71-43-12-6-4-10-41(37)43)79-60(92)50(27-38-30-68-33-73-38)80-55(87)44-19-20-54(86)74-44;2*1-2(3)4/h3-6,9-12,15-18,28-30,33-34,44-52,70-71,83-84H,7-8,13-14,19-27,31-32H2,1-2H3,(H2,65,85)(H,68,73)(H,72,94)(H,74,86)(H,75,88)(H,76,90)(H,77,93)(H,78,89)(H,79,92)(H,80,87)(H,81,91)(H4,66,67,69);2*1H3,(H,3,4)/t44-,45-,46-,47-,48+,49-,50-,51-,52-;;/m0../s1. The lowest BCUT2D eigenvalue weighted by molar-refractivity contribution is -0.142. The summed E-state index contributed by atoms with van der Waals surface area (Å²) in [5, 5.41) is 61.3. The first-order valence-corrected chi connectivity index (χ1v) is 33.2. The summed E-state index contributed by atoms with van der Waals surface area (Å²) in [7, 11) is 0. The minimum Gasteiger partial charge on any atom is -0.508 e. The average molecular weight is 1430 g/mol. The van der Waals surface area contributed by atoms with Crippen LogP contribution in [0.2, 0.25) is 0 Å². The van der Waals surface area contributed by atoms with Gasteiger partial charge in [0.15, 0.2) is 5.96 Å². The van der Waals surface area contributed by atoms with E-state index in [9.17, 15) is 53.4 Å². The molecule has 8 rings (SSSR count). The molecule has 0 saturated carbocycles. The second-order valence-corrected chi connectivity index (χ2v) is 25.0. The van der Waals surface area contributed by atoms with Crippen LogP contribution in [0.1, 0.15) is 95.0 Å². The number of carbonyl (C=O) groups is 13. The number of carbonyl (C=O) groups excluding carboxylic acids is 11. The van der Waals surface area contributed by atoms with Crippen molar-refractivity contribution in [2.45, 2.75) is 153 Å². The topological polar surface area (TPSA) is 565 Å². The molecule has 35 heteroatoms. The van der Waals surface area contributed by atoms with Gasteiger partial charge < -0.3 is 105 Å². The summed E-state index contributed by atoms with van der Waals surface area (Å²) in [6.45, 7) is 4.49. The van der Waals surface area contributed by atoms with Crippen LogP contribution in [0.15, 0.2) is 103 Å². The molecule has 0 radical (unpaired) electrons. The highest BCUT2D eigenvalue weighted by Crippen LogP contribution is 2.24. The number of phenols is 1. The van der Waals surface area contributed by atoms with E-state index >= 15 is 9.59 Å².